The molecule has 0 bridgehead atoms. The molecular weight excluding hydrogens is 405 g/mol. The van der Waals surface area contributed by atoms with E-state index in [1.165, 1.54) is 13.4 Å². The molecular formula is C18H23Cl2N5O3. The molecule has 0 saturated carbocycles. The predicted molar refractivity (Wildman–Crippen MR) is 111 cm³/mol. The summed E-state index contributed by atoms with van der Waals surface area (Å²) in [6, 6.07) is 6.18. The number of amides is 1. The number of nitrogens with two attached hydrogens (primary N) is 1. The summed E-state index contributed by atoms with van der Waals surface area (Å²) in [6.07, 6.45) is 5.55. The maximum Gasteiger partial charge on any atom is 0.328 e. The summed E-state index contributed by atoms with van der Waals surface area (Å²) >= 11 is 0. The normalized spacial score (nSPS) is 12.4. The van der Waals surface area contributed by atoms with Gasteiger partial charge in [-0.05, 0) is 18.1 Å². The zero-order chi connectivity index (χ0) is 18.5. The molecule has 0 spiro atoms. The Hall–Kier alpha value is -2.55. The highest BCUT2D eigenvalue weighted by molar-refractivity contribution is 5.89. The average Bonchev–Trinajstić information content (AvgIpc) is 3.30. The van der Waals surface area contributed by atoms with Crippen molar-refractivity contribution >= 4 is 47.6 Å². The third kappa shape index (κ3) is 5.48. The minimum absolute atomic E-state index is 0. The van der Waals surface area contributed by atoms with Crippen molar-refractivity contribution in [2.24, 2.45) is 5.73 Å². The van der Waals surface area contributed by atoms with Gasteiger partial charge in [-0.2, -0.15) is 0 Å². The van der Waals surface area contributed by atoms with Crippen LogP contribution in [0.5, 0.6) is 0 Å². The minimum atomic E-state index is -0.832. The van der Waals surface area contributed by atoms with Gasteiger partial charge in [0.05, 0.1) is 19.5 Å². The van der Waals surface area contributed by atoms with Crippen LogP contribution in [0, 0.1) is 0 Å². The number of imidazole rings is 1. The summed E-state index contributed by atoms with van der Waals surface area (Å²) in [7, 11) is 1.28. The summed E-state index contributed by atoms with van der Waals surface area (Å²) in [5.74, 6) is -0.947. The number of esters is 1. The van der Waals surface area contributed by atoms with Gasteiger partial charge in [0.1, 0.15) is 6.04 Å². The third-order valence-corrected chi connectivity index (χ3v) is 4.23. The minimum Gasteiger partial charge on any atom is -0.467 e. The summed E-state index contributed by atoms with van der Waals surface area (Å²) in [4.78, 5) is 34.4. The monoisotopic (exact) mass is 427 g/mol. The number of hydrogen-bond acceptors (Lipinski definition) is 5. The molecule has 0 aliphatic heterocycles. The third-order valence-electron chi connectivity index (χ3n) is 4.23. The largest absolute Gasteiger partial charge is 0.467 e. The zero-order valence-electron chi connectivity index (χ0n) is 15.2. The molecule has 28 heavy (non-hydrogen) atoms. The van der Waals surface area contributed by atoms with Crippen molar-refractivity contribution in [2.75, 3.05) is 7.11 Å². The summed E-state index contributed by atoms with van der Waals surface area (Å²) in [6.45, 7) is 0. The number of para-hydroxylation sites is 1. The number of fused-ring (bicyclic) bond motifs is 1. The quantitative estimate of drug-likeness (QED) is 0.425. The van der Waals surface area contributed by atoms with Gasteiger partial charge in [0, 0.05) is 35.4 Å². The smallest absolute Gasteiger partial charge is 0.328 e. The first kappa shape index (κ1) is 23.5. The molecule has 1 amide bonds. The molecule has 2 heterocycles. The van der Waals surface area contributed by atoms with Crippen LogP contribution in [0.4, 0.5) is 0 Å². The number of aromatic amines is 2. The van der Waals surface area contributed by atoms with E-state index in [9.17, 15) is 9.59 Å². The van der Waals surface area contributed by atoms with E-state index in [0.717, 1.165) is 16.5 Å². The predicted octanol–water partition coefficient (Wildman–Crippen LogP) is 1.50. The van der Waals surface area contributed by atoms with Gasteiger partial charge in [0.25, 0.3) is 0 Å². The van der Waals surface area contributed by atoms with Gasteiger partial charge in [-0.3, -0.25) is 4.79 Å². The van der Waals surface area contributed by atoms with Crippen LogP contribution < -0.4 is 11.1 Å². The number of carbonyl (C=O) groups excluding carboxylic acids is 2. The van der Waals surface area contributed by atoms with Crippen molar-refractivity contribution in [3.8, 4) is 0 Å². The lowest BCUT2D eigenvalue weighted by Crippen LogP contribution is -2.50. The Kier molecular flexibility index (Phi) is 8.98. The summed E-state index contributed by atoms with van der Waals surface area (Å²) in [5.41, 5.74) is 8.72. The van der Waals surface area contributed by atoms with Crippen LogP contribution in [0.15, 0.2) is 43.0 Å². The molecule has 8 nitrogen and oxygen atoms in total. The van der Waals surface area contributed by atoms with Crippen molar-refractivity contribution in [1.82, 2.24) is 20.3 Å². The van der Waals surface area contributed by atoms with E-state index < -0.39 is 24.0 Å². The van der Waals surface area contributed by atoms with Gasteiger partial charge in [-0.15, -0.1) is 24.8 Å². The number of nitrogens with zero attached hydrogens (tertiary/aromatic N) is 1. The maximum atomic E-state index is 12.5. The van der Waals surface area contributed by atoms with E-state index in [1.54, 1.807) is 6.20 Å². The van der Waals surface area contributed by atoms with Crippen molar-refractivity contribution in [1.29, 1.82) is 0 Å². The fourth-order valence-corrected chi connectivity index (χ4v) is 2.86. The van der Waals surface area contributed by atoms with Gasteiger partial charge < -0.3 is 25.8 Å². The van der Waals surface area contributed by atoms with Crippen LogP contribution in [0.2, 0.25) is 0 Å². The molecule has 0 fully saturated rings. The van der Waals surface area contributed by atoms with Crippen LogP contribution in [0.3, 0.4) is 0 Å². The van der Waals surface area contributed by atoms with E-state index >= 15 is 0 Å². The van der Waals surface area contributed by atoms with Crippen LogP contribution in [-0.4, -0.2) is 46.0 Å². The van der Waals surface area contributed by atoms with Crippen molar-refractivity contribution in [3.05, 3.63) is 54.2 Å². The number of halogens is 2. The number of methoxy groups -OCH3 is 1. The van der Waals surface area contributed by atoms with Crippen LogP contribution in [0.1, 0.15) is 11.3 Å². The number of hydrogen-bond donors (Lipinski definition) is 4. The first-order chi connectivity index (χ1) is 12.6. The maximum absolute atomic E-state index is 12.5. The Labute approximate surface area is 174 Å². The number of ether oxygens (including phenoxy) is 1. The highest BCUT2D eigenvalue weighted by Gasteiger charge is 2.25. The molecule has 3 rings (SSSR count). The number of nitrogens with one attached hydrogen (secondary N) is 3. The summed E-state index contributed by atoms with van der Waals surface area (Å²) < 4.78 is 4.77. The SMILES string of the molecule is COC(=O)[C@H](Cc1cnc[nH]1)NC(=O)[C@@H](N)Cc1c[nH]c2ccccc12.Cl.Cl. The Morgan fingerprint density at radius 1 is 1.21 bits per heavy atom. The topological polar surface area (TPSA) is 126 Å². The number of aromatic nitrogens is 3. The Morgan fingerprint density at radius 3 is 2.64 bits per heavy atom. The van der Waals surface area contributed by atoms with Gasteiger partial charge in [-0.25, -0.2) is 9.78 Å². The van der Waals surface area contributed by atoms with Crippen LogP contribution >= 0.6 is 24.8 Å². The van der Waals surface area contributed by atoms with Crippen molar-refractivity contribution in [3.63, 3.8) is 0 Å². The Morgan fingerprint density at radius 2 is 1.96 bits per heavy atom. The molecule has 2 aromatic heterocycles. The molecule has 152 valence electrons. The first-order valence-electron chi connectivity index (χ1n) is 8.24. The molecule has 3 aromatic rings. The first-order valence-corrected chi connectivity index (χ1v) is 8.24. The number of carbonyl (C=O) groups is 2. The van der Waals surface area contributed by atoms with Gasteiger partial charge >= 0.3 is 5.97 Å². The van der Waals surface area contributed by atoms with E-state index in [0.29, 0.717) is 12.1 Å². The summed E-state index contributed by atoms with van der Waals surface area (Å²) in [5, 5.41) is 3.70. The fourth-order valence-electron chi connectivity index (χ4n) is 2.86. The number of benzene rings is 1. The molecule has 0 aliphatic carbocycles. The second-order valence-corrected chi connectivity index (χ2v) is 6.04. The van der Waals surface area contributed by atoms with E-state index in [-0.39, 0.29) is 31.2 Å². The number of rotatable bonds is 7. The molecule has 0 aliphatic rings. The van der Waals surface area contributed by atoms with E-state index in [4.69, 9.17) is 10.5 Å². The fraction of sp³-hybridized carbons (Fsp3) is 0.278. The molecule has 1 aromatic carbocycles. The molecule has 10 heteroatoms. The standard InChI is InChI=1S/C18H21N5O3.2ClH/c1-26-18(25)16(7-12-9-20-10-22-12)23-17(24)14(19)6-11-8-21-15-5-3-2-4-13(11)15;;/h2-5,8-10,14,16,21H,6-7,19H2,1H3,(H,20,22)(H,23,24);2*1H/t14-,16-;;/m0../s1. The molecule has 0 unspecified atom stereocenters. The van der Waals surface area contributed by atoms with Crippen LogP contribution in [-0.2, 0) is 27.2 Å². The van der Waals surface area contributed by atoms with Crippen molar-refractivity contribution in [2.45, 2.75) is 24.9 Å². The van der Waals surface area contributed by atoms with E-state index in [1.807, 2.05) is 30.5 Å². The second kappa shape index (κ2) is 10.7. The lowest BCUT2D eigenvalue weighted by Gasteiger charge is -2.18. The number of H-pyrrole nitrogens is 2. The second-order valence-electron chi connectivity index (χ2n) is 6.04. The Balaban J connectivity index is 0.00000196. The van der Waals surface area contributed by atoms with Crippen LogP contribution in [0.25, 0.3) is 10.9 Å². The lowest BCUT2D eigenvalue weighted by atomic mass is 10.0. The van der Waals surface area contributed by atoms with Gasteiger partial charge in [0.2, 0.25) is 5.91 Å². The molecule has 2 atom stereocenters. The highest BCUT2D eigenvalue weighted by atomic mass is 35.5. The van der Waals surface area contributed by atoms with Gasteiger partial charge in [-0.1, -0.05) is 18.2 Å². The molecule has 5 N–H and O–H groups in total. The van der Waals surface area contributed by atoms with Gasteiger partial charge in [0.15, 0.2) is 0 Å². The lowest BCUT2D eigenvalue weighted by molar-refractivity contribution is -0.145. The Bertz CT molecular complexity index is 898. The molecule has 0 saturated heterocycles. The molecule has 0 radical (unpaired) electrons. The van der Waals surface area contributed by atoms with Crippen molar-refractivity contribution < 1.29 is 14.3 Å². The highest BCUT2D eigenvalue weighted by Crippen LogP contribution is 2.18. The average molecular weight is 428 g/mol. The zero-order valence-corrected chi connectivity index (χ0v) is 16.8. The van der Waals surface area contributed by atoms with E-state index in [2.05, 4.69) is 20.3 Å².